The molecule has 0 aliphatic rings. The van der Waals surface area contributed by atoms with E-state index in [4.69, 9.17) is 0 Å². The molecule has 0 unspecified atom stereocenters. The molecule has 0 fully saturated rings. The van der Waals surface area contributed by atoms with Crippen molar-refractivity contribution in [3.63, 3.8) is 0 Å². The molecule has 2 aromatic rings. The molecular formula is C8H3BrFIN2S. The van der Waals surface area contributed by atoms with E-state index in [-0.39, 0.29) is 5.82 Å². The van der Waals surface area contributed by atoms with E-state index in [0.29, 0.717) is 4.47 Å². The fourth-order valence-corrected chi connectivity index (χ4v) is 2.63. The molecule has 2 rings (SSSR count). The van der Waals surface area contributed by atoms with Crippen molar-refractivity contribution in [2.45, 2.75) is 0 Å². The first-order chi connectivity index (χ1) is 6.66. The average Bonchev–Trinajstić information content (AvgIpc) is 2.57. The molecule has 14 heavy (non-hydrogen) atoms. The van der Waals surface area contributed by atoms with Crippen LogP contribution in [-0.4, -0.2) is 10.2 Å². The summed E-state index contributed by atoms with van der Waals surface area (Å²) in [5.74, 6) is -0.270. The number of benzene rings is 1. The molecule has 2 nitrogen and oxygen atoms in total. The topological polar surface area (TPSA) is 25.8 Å². The number of nitrogens with zero attached hydrogens (tertiary/aromatic N) is 2. The van der Waals surface area contributed by atoms with Crippen LogP contribution in [0.25, 0.3) is 10.6 Å². The maximum absolute atomic E-state index is 12.9. The highest BCUT2D eigenvalue weighted by Crippen LogP contribution is 2.27. The van der Waals surface area contributed by atoms with Gasteiger partial charge in [-0.2, -0.15) is 0 Å². The molecule has 72 valence electrons. The summed E-state index contributed by atoms with van der Waals surface area (Å²) in [4.78, 5) is 0. The van der Waals surface area contributed by atoms with Gasteiger partial charge in [0.05, 0.1) is 4.47 Å². The van der Waals surface area contributed by atoms with Crippen LogP contribution in [0.3, 0.4) is 0 Å². The van der Waals surface area contributed by atoms with E-state index < -0.39 is 0 Å². The second kappa shape index (κ2) is 4.19. The zero-order valence-corrected chi connectivity index (χ0v) is 11.2. The van der Waals surface area contributed by atoms with Gasteiger partial charge in [-0.3, -0.25) is 0 Å². The second-order valence-electron chi connectivity index (χ2n) is 2.49. The van der Waals surface area contributed by atoms with E-state index in [2.05, 4.69) is 48.7 Å². The van der Waals surface area contributed by atoms with Gasteiger partial charge < -0.3 is 0 Å². The molecule has 0 amide bonds. The third-order valence-corrected chi connectivity index (χ3v) is 3.81. The van der Waals surface area contributed by atoms with Crippen molar-refractivity contribution < 1.29 is 4.39 Å². The molecule has 0 spiro atoms. The molecule has 0 bridgehead atoms. The second-order valence-corrected chi connectivity index (χ2v) is 6.07. The molecular weight excluding hydrogens is 382 g/mol. The van der Waals surface area contributed by atoms with E-state index in [1.807, 2.05) is 0 Å². The maximum Gasteiger partial charge on any atom is 0.178 e. The van der Waals surface area contributed by atoms with E-state index >= 15 is 0 Å². The first kappa shape index (κ1) is 10.4. The standard InChI is InChI=1S/C8H3BrFIN2S/c9-5-3-4(1-2-6(5)10)7-12-13-8(11)14-7/h1-3H. The maximum atomic E-state index is 12.9. The fraction of sp³-hybridized carbons (Fsp3) is 0. The summed E-state index contributed by atoms with van der Waals surface area (Å²) < 4.78 is 14.3. The highest BCUT2D eigenvalue weighted by molar-refractivity contribution is 14.1. The Hall–Kier alpha value is -0.0800. The van der Waals surface area contributed by atoms with Crippen molar-refractivity contribution in [3.05, 3.63) is 31.5 Å². The van der Waals surface area contributed by atoms with Gasteiger partial charge in [-0.15, -0.1) is 10.2 Å². The Labute approximate surface area is 106 Å². The van der Waals surface area contributed by atoms with Crippen molar-refractivity contribution in [2.75, 3.05) is 0 Å². The van der Waals surface area contributed by atoms with E-state index in [0.717, 1.165) is 13.6 Å². The summed E-state index contributed by atoms with van der Waals surface area (Å²) in [6.45, 7) is 0. The zero-order chi connectivity index (χ0) is 10.1. The summed E-state index contributed by atoms with van der Waals surface area (Å²) in [6.07, 6.45) is 0. The van der Waals surface area contributed by atoms with Crippen molar-refractivity contribution in [1.82, 2.24) is 10.2 Å². The van der Waals surface area contributed by atoms with Crippen LogP contribution >= 0.6 is 49.9 Å². The molecule has 0 saturated heterocycles. The Morgan fingerprint density at radius 1 is 1.36 bits per heavy atom. The lowest BCUT2D eigenvalue weighted by Gasteiger charge is -1.97. The fourth-order valence-electron chi connectivity index (χ4n) is 0.951. The molecule has 0 radical (unpaired) electrons. The van der Waals surface area contributed by atoms with Gasteiger partial charge in [-0.05, 0) is 56.7 Å². The Morgan fingerprint density at radius 3 is 2.71 bits per heavy atom. The van der Waals surface area contributed by atoms with Gasteiger partial charge in [0, 0.05) is 5.56 Å². The minimum atomic E-state index is -0.270. The molecule has 6 heteroatoms. The largest absolute Gasteiger partial charge is 0.206 e. The molecule has 0 N–H and O–H groups in total. The Balaban J connectivity index is 2.47. The highest BCUT2D eigenvalue weighted by atomic mass is 127. The molecule has 0 aliphatic carbocycles. The predicted octanol–water partition coefficient (Wildman–Crippen LogP) is 3.71. The normalized spacial score (nSPS) is 10.5. The van der Waals surface area contributed by atoms with Crippen LogP contribution in [-0.2, 0) is 0 Å². The van der Waals surface area contributed by atoms with Crippen molar-refractivity contribution in [3.8, 4) is 10.6 Å². The lowest BCUT2D eigenvalue weighted by molar-refractivity contribution is 0.621. The van der Waals surface area contributed by atoms with Crippen LogP contribution in [0.4, 0.5) is 4.39 Å². The van der Waals surface area contributed by atoms with E-state index in [1.165, 1.54) is 17.4 Å². The molecule has 1 aromatic heterocycles. The summed E-state index contributed by atoms with van der Waals surface area (Å²) in [7, 11) is 0. The van der Waals surface area contributed by atoms with Gasteiger partial charge in [0.2, 0.25) is 0 Å². The average molecular weight is 385 g/mol. The SMILES string of the molecule is Fc1ccc(-c2nnc(I)s2)cc1Br. The van der Waals surface area contributed by atoms with Crippen molar-refractivity contribution in [2.24, 2.45) is 0 Å². The first-order valence-electron chi connectivity index (χ1n) is 3.61. The minimum Gasteiger partial charge on any atom is -0.206 e. The van der Waals surface area contributed by atoms with Crippen LogP contribution in [0.2, 0.25) is 0 Å². The molecule has 1 heterocycles. The van der Waals surface area contributed by atoms with Gasteiger partial charge in [0.25, 0.3) is 0 Å². The number of aromatic nitrogens is 2. The number of halogens is 3. The summed E-state index contributed by atoms with van der Waals surface area (Å²) >= 11 is 6.71. The lowest BCUT2D eigenvalue weighted by atomic mass is 10.2. The Morgan fingerprint density at radius 2 is 2.14 bits per heavy atom. The summed E-state index contributed by atoms with van der Waals surface area (Å²) in [6, 6.07) is 4.80. The smallest absolute Gasteiger partial charge is 0.178 e. The predicted molar refractivity (Wildman–Crippen MR) is 65.7 cm³/mol. The van der Waals surface area contributed by atoms with Gasteiger partial charge >= 0.3 is 0 Å². The van der Waals surface area contributed by atoms with E-state index in [9.17, 15) is 4.39 Å². The number of hydrogen-bond acceptors (Lipinski definition) is 3. The van der Waals surface area contributed by atoms with Gasteiger partial charge in [-0.25, -0.2) is 4.39 Å². The van der Waals surface area contributed by atoms with Crippen LogP contribution in [0.5, 0.6) is 0 Å². The zero-order valence-electron chi connectivity index (χ0n) is 6.67. The number of rotatable bonds is 1. The Bertz CT molecular complexity index is 474. The molecule has 1 aromatic carbocycles. The third-order valence-electron chi connectivity index (χ3n) is 1.57. The van der Waals surface area contributed by atoms with Crippen LogP contribution < -0.4 is 0 Å². The third kappa shape index (κ3) is 2.12. The quantitative estimate of drug-likeness (QED) is 0.700. The molecule has 0 saturated carbocycles. The highest BCUT2D eigenvalue weighted by Gasteiger charge is 2.07. The van der Waals surface area contributed by atoms with Gasteiger partial charge in [-0.1, -0.05) is 11.3 Å². The van der Waals surface area contributed by atoms with E-state index in [1.54, 1.807) is 12.1 Å². The molecule has 0 aliphatic heterocycles. The number of hydrogen-bond donors (Lipinski definition) is 0. The minimum absolute atomic E-state index is 0.270. The van der Waals surface area contributed by atoms with Crippen LogP contribution in [0.1, 0.15) is 0 Å². The first-order valence-corrected chi connectivity index (χ1v) is 6.30. The summed E-state index contributed by atoms with van der Waals surface area (Å²) in [5, 5.41) is 8.67. The summed E-state index contributed by atoms with van der Waals surface area (Å²) in [5.41, 5.74) is 0.874. The van der Waals surface area contributed by atoms with Crippen molar-refractivity contribution in [1.29, 1.82) is 0 Å². The lowest BCUT2D eigenvalue weighted by Crippen LogP contribution is -1.80. The van der Waals surface area contributed by atoms with Gasteiger partial charge in [0.15, 0.2) is 3.01 Å². The van der Waals surface area contributed by atoms with Crippen LogP contribution in [0, 0.1) is 8.83 Å². The van der Waals surface area contributed by atoms with Crippen LogP contribution in [0.15, 0.2) is 22.7 Å². The van der Waals surface area contributed by atoms with Gasteiger partial charge in [0.1, 0.15) is 10.8 Å². The monoisotopic (exact) mass is 384 g/mol. The molecule has 0 atom stereocenters. The Kier molecular flexibility index (Phi) is 3.13. The van der Waals surface area contributed by atoms with Crippen molar-refractivity contribution >= 4 is 49.9 Å².